The first-order chi connectivity index (χ1) is 13.7. The largest absolute Gasteiger partial charge is 0.494 e. The van der Waals surface area contributed by atoms with Crippen LogP contribution in [0, 0.1) is 5.92 Å². The smallest absolute Gasteiger partial charge is 0.306 e. The third-order valence-electron chi connectivity index (χ3n) is 5.10. The Hall–Kier alpha value is -2.87. The van der Waals surface area contributed by atoms with Crippen LogP contribution in [-0.2, 0) is 11.3 Å². The van der Waals surface area contributed by atoms with Crippen LogP contribution < -0.4 is 9.64 Å². The van der Waals surface area contributed by atoms with Crippen LogP contribution in [0.1, 0.15) is 25.3 Å². The van der Waals surface area contributed by atoms with Crippen molar-refractivity contribution >= 4 is 35.2 Å². The maximum atomic E-state index is 11.2. The number of nitrogens with zero attached hydrogens (tertiary/aromatic N) is 5. The topological polar surface area (TPSA) is 93.4 Å². The zero-order valence-electron chi connectivity index (χ0n) is 16.2. The minimum atomic E-state index is -0.713. The van der Waals surface area contributed by atoms with Crippen LogP contribution in [0.15, 0.2) is 36.8 Å². The van der Waals surface area contributed by atoms with E-state index < -0.39 is 5.97 Å². The van der Waals surface area contributed by atoms with Gasteiger partial charge in [0.1, 0.15) is 17.9 Å². The molecule has 0 amide bonds. The van der Waals surface area contributed by atoms with Crippen molar-refractivity contribution in [2.24, 2.45) is 5.92 Å². The number of hydrogen-bond acceptors (Lipinski definition) is 6. The Morgan fingerprint density at radius 3 is 2.79 bits per heavy atom. The molecule has 3 aromatic rings. The van der Waals surface area contributed by atoms with E-state index in [0.29, 0.717) is 39.1 Å². The number of benzene rings is 1. The van der Waals surface area contributed by atoms with Gasteiger partial charge in [0.15, 0.2) is 5.65 Å². The molecule has 0 spiro atoms. The van der Waals surface area contributed by atoms with Crippen LogP contribution in [0.3, 0.4) is 0 Å². The van der Waals surface area contributed by atoms with Crippen LogP contribution >= 0.6 is 12.4 Å². The number of carbonyl (C=O) groups is 1. The average molecular weight is 418 g/mol. The molecule has 29 heavy (non-hydrogen) atoms. The lowest BCUT2D eigenvalue weighted by atomic mass is 9.97. The summed E-state index contributed by atoms with van der Waals surface area (Å²) in [6.07, 6.45) is 4.59. The van der Waals surface area contributed by atoms with Gasteiger partial charge in [0.25, 0.3) is 0 Å². The average Bonchev–Trinajstić information content (AvgIpc) is 3.11. The molecule has 1 fully saturated rings. The number of aliphatic carboxylic acids is 1. The summed E-state index contributed by atoms with van der Waals surface area (Å²) >= 11 is 0. The number of carboxylic acids is 1. The third kappa shape index (κ3) is 4.42. The van der Waals surface area contributed by atoms with Crippen molar-refractivity contribution in [1.29, 1.82) is 0 Å². The quantitative estimate of drug-likeness (QED) is 0.658. The van der Waals surface area contributed by atoms with Gasteiger partial charge in [-0.25, -0.2) is 14.6 Å². The Bertz CT molecular complexity index is 985. The lowest BCUT2D eigenvalue weighted by Gasteiger charge is -2.31. The zero-order chi connectivity index (χ0) is 19.5. The summed E-state index contributed by atoms with van der Waals surface area (Å²) in [5.41, 5.74) is 1.85. The predicted octanol–water partition coefficient (Wildman–Crippen LogP) is 3.00. The highest BCUT2D eigenvalue weighted by Gasteiger charge is 2.26. The summed E-state index contributed by atoms with van der Waals surface area (Å²) < 4.78 is 7.43. The lowest BCUT2D eigenvalue weighted by molar-refractivity contribution is -0.142. The molecule has 1 N–H and O–H groups in total. The van der Waals surface area contributed by atoms with Crippen molar-refractivity contribution in [3.8, 4) is 5.75 Å². The number of halogens is 1. The van der Waals surface area contributed by atoms with Gasteiger partial charge < -0.3 is 14.7 Å². The molecule has 0 aliphatic carbocycles. The fraction of sp³-hybridized carbons (Fsp3) is 0.400. The molecule has 1 aliphatic rings. The van der Waals surface area contributed by atoms with Crippen molar-refractivity contribution in [3.05, 3.63) is 42.4 Å². The highest BCUT2D eigenvalue weighted by atomic mass is 35.5. The summed E-state index contributed by atoms with van der Waals surface area (Å²) in [6.45, 7) is 4.52. The number of rotatable bonds is 6. The first-order valence-electron chi connectivity index (χ1n) is 9.51. The Morgan fingerprint density at radius 2 is 2.07 bits per heavy atom. The molecule has 1 aliphatic heterocycles. The Kier molecular flexibility index (Phi) is 6.53. The normalized spacial score (nSPS) is 14.6. The van der Waals surface area contributed by atoms with E-state index in [0.717, 1.165) is 28.2 Å². The first-order valence-corrected chi connectivity index (χ1v) is 9.51. The summed E-state index contributed by atoms with van der Waals surface area (Å²) in [7, 11) is 0. The molecule has 0 saturated carbocycles. The van der Waals surface area contributed by atoms with Gasteiger partial charge in [0.05, 0.1) is 30.7 Å². The van der Waals surface area contributed by atoms with E-state index in [1.807, 2.05) is 35.9 Å². The predicted molar refractivity (Wildman–Crippen MR) is 112 cm³/mol. The SMILES string of the molecule is CCOc1cccc(Cn2ncc3c(N4CCC(C(=O)O)CC4)ncnc32)c1.Cl. The molecule has 0 unspecified atom stereocenters. The monoisotopic (exact) mass is 417 g/mol. The van der Waals surface area contributed by atoms with Gasteiger partial charge in [0, 0.05) is 13.1 Å². The standard InChI is InChI=1S/C20H23N5O3.ClH/c1-2-28-16-5-3-4-14(10-16)12-25-19-17(11-23-25)18(21-13-22-19)24-8-6-15(7-9-24)20(26)27;/h3-5,10-11,13,15H,2,6-9,12H2,1H3,(H,26,27);1H. The number of hydrogen-bond donors (Lipinski definition) is 1. The second kappa shape index (κ2) is 9.09. The number of aromatic nitrogens is 4. The van der Waals surface area contributed by atoms with Crippen LogP contribution in [0.25, 0.3) is 11.0 Å². The molecule has 1 aromatic carbocycles. The Morgan fingerprint density at radius 1 is 1.28 bits per heavy atom. The molecule has 154 valence electrons. The lowest BCUT2D eigenvalue weighted by Crippen LogP contribution is -2.36. The molecule has 2 aromatic heterocycles. The highest BCUT2D eigenvalue weighted by molar-refractivity contribution is 5.87. The summed E-state index contributed by atoms with van der Waals surface area (Å²) in [5, 5.41) is 14.6. The van der Waals surface area contributed by atoms with Gasteiger partial charge in [-0.15, -0.1) is 12.4 Å². The van der Waals surface area contributed by atoms with Crippen molar-refractivity contribution in [2.45, 2.75) is 26.3 Å². The van der Waals surface area contributed by atoms with Crippen LogP contribution in [0.2, 0.25) is 0 Å². The van der Waals surface area contributed by atoms with Gasteiger partial charge in [-0.05, 0) is 37.5 Å². The summed E-state index contributed by atoms with van der Waals surface area (Å²) in [6, 6.07) is 7.96. The van der Waals surface area contributed by atoms with Crippen molar-refractivity contribution < 1.29 is 14.6 Å². The zero-order valence-corrected chi connectivity index (χ0v) is 17.0. The minimum Gasteiger partial charge on any atom is -0.494 e. The van der Waals surface area contributed by atoms with Crippen molar-refractivity contribution in [1.82, 2.24) is 19.7 Å². The van der Waals surface area contributed by atoms with Gasteiger partial charge in [-0.1, -0.05) is 12.1 Å². The number of piperidine rings is 1. The molecular weight excluding hydrogens is 394 g/mol. The second-order valence-electron chi connectivity index (χ2n) is 6.92. The van der Waals surface area contributed by atoms with E-state index in [2.05, 4.69) is 20.0 Å². The van der Waals surface area contributed by atoms with Crippen LogP contribution in [0.5, 0.6) is 5.75 Å². The molecule has 0 radical (unpaired) electrons. The van der Waals surface area contributed by atoms with E-state index in [9.17, 15) is 9.90 Å². The van der Waals surface area contributed by atoms with E-state index in [-0.39, 0.29) is 18.3 Å². The number of ether oxygens (including phenoxy) is 1. The molecule has 4 rings (SSSR count). The molecule has 3 heterocycles. The van der Waals surface area contributed by atoms with Gasteiger partial charge >= 0.3 is 5.97 Å². The van der Waals surface area contributed by atoms with E-state index in [1.165, 1.54) is 0 Å². The highest BCUT2D eigenvalue weighted by Crippen LogP contribution is 2.27. The van der Waals surface area contributed by atoms with E-state index in [4.69, 9.17) is 4.74 Å². The molecule has 0 atom stereocenters. The molecule has 8 nitrogen and oxygen atoms in total. The molecule has 0 bridgehead atoms. The van der Waals surface area contributed by atoms with E-state index in [1.54, 1.807) is 12.5 Å². The van der Waals surface area contributed by atoms with E-state index >= 15 is 0 Å². The first kappa shape index (κ1) is 20.9. The van der Waals surface area contributed by atoms with Crippen molar-refractivity contribution in [2.75, 3.05) is 24.6 Å². The number of anilines is 1. The summed E-state index contributed by atoms with van der Waals surface area (Å²) in [5.74, 6) is 0.680. The van der Waals surface area contributed by atoms with Gasteiger partial charge in [-0.2, -0.15) is 5.10 Å². The number of fused-ring (bicyclic) bond motifs is 1. The van der Waals surface area contributed by atoms with Gasteiger partial charge in [-0.3, -0.25) is 4.79 Å². The van der Waals surface area contributed by atoms with Crippen LogP contribution in [-0.4, -0.2) is 50.5 Å². The van der Waals surface area contributed by atoms with Gasteiger partial charge in [0.2, 0.25) is 0 Å². The summed E-state index contributed by atoms with van der Waals surface area (Å²) in [4.78, 5) is 22.2. The maximum Gasteiger partial charge on any atom is 0.306 e. The fourth-order valence-electron chi connectivity index (χ4n) is 3.66. The Labute approximate surface area is 174 Å². The van der Waals surface area contributed by atoms with Crippen LogP contribution in [0.4, 0.5) is 5.82 Å². The molecule has 9 heteroatoms. The maximum absolute atomic E-state index is 11.2. The Balaban J connectivity index is 0.00000240. The molecular formula is C20H24ClN5O3. The minimum absolute atomic E-state index is 0. The second-order valence-corrected chi connectivity index (χ2v) is 6.92. The molecule has 1 saturated heterocycles. The number of carboxylic acid groups (broad SMARTS) is 1. The third-order valence-corrected chi connectivity index (χ3v) is 5.10. The fourth-order valence-corrected chi connectivity index (χ4v) is 3.66. The van der Waals surface area contributed by atoms with Crippen molar-refractivity contribution in [3.63, 3.8) is 0 Å².